The third-order valence-electron chi connectivity index (χ3n) is 5.69. The summed E-state index contributed by atoms with van der Waals surface area (Å²) in [6.07, 6.45) is -0.417. The van der Waals surface area contributed by atoms with Gasteiger partial charge in [0.15, 0.2) is 0 Å². The number of amides is 1. The van der Waals surface area contributed by atoms with Gasteiger partial charge in [0.25, 0.3) is 0 Å². The number of hydrogen-bond donors (Lipinski definition) is 2. The highest BCUT2D eigenvalue weighted by Crippen LogP contribution is 2.30. The largest absolute Gasteiger partial charge is 0.480 e. The van der Waals surface area contributed by atoms with Crippen molar-refractivity contribution >= 4 is 27.8 Å². The average molecular weight is 481 g/mol. The lowest BCUT2D eigenvalue weighted by atomic mass is 9.96. The smallest absolute Gasteiger partial charge is 0.411 e. The number of ether oxygens (including phenoxy) is 1. The van der Waals surface area contributed by atoms with Gasteiger partial charge in [-0.1, -0.05) is 48.5 Å². The van der Waals surface area contributed by atoms with E-state index < -0.39 is 28.1 Å². The first-order valence-electron chi connectivity index (χ1n) is 10.8. The van der Waals surface area contributed by atoms with Crippen LogP contribution in [0.3, 0.4) is 0 Å². The molecule has 0 unspecified atom stereocenters. The summed E-state index contributed by atoms with van der Waals surface area (Å²) in [5.41, 5.74) is 3.83. The van der Waals surface area contributed by atoms with Crippen molar-refractivity contribution in [3.63, 3.8) is 0 Å². The molecular weight excluding hydrogens is 456 g/mol. The Bertz CT molecular complexity index is 1300. The van der Waals surface area contributed by atoms with Crippen molar-refractivity contribution in [2.45, 2.75) is 30.8 Å². The molecule has 0 spiro atoms. The van der Waals surface area contributed by atoms with E-state index in [1.165, 1.54) is 12.1 Å². The van der Waals surface area contributed by atoms with Gasteiger partial charge in [-0.3, -0.25) is 10.1 Å². The van der Waals surface area contributed by atoms with E-state index in [-0.39, 0.29) is 24.5 Å². The van der Waals surface area contributed by atoms with Crippen molar-refractivity contribution in [3.8, 4) is 11.1 Å². The first kappa shape index (κ1) is 23.5. The standard InChI is InChI=1S/C25H24N2O6S/c1-2-33-25(30)26-21-11-7-17(8-12-21)18-9-13-22(14-10-18)34(31,32)27-16-20-6-4-3-5-19(20)15-23(27)24(28)29/h3-14,23H,2,15-16H2,1H3,(H,26,30)(H,28,29)/t23-/m1/s1. The lowest BCUT2D eigenvalue weighted by Gasteiger charge is -2.33. The molecule has 0 saturated carbocycles. The van der Waals surface area contributed by atoms with Gasteiger partial charge in [-0.05, 0) is 53.4 Å². The summed E-state index contributed by atoms with van der Waals surface area (Å²) >= 11 is 0. The lowest BCUT2D eigenvalue weighted by molar-refractivity contribution is -0.141. The van der Waals surface area contributed by atoms with Gasteiger partial charge in [0.1, 0.15) is 6.04 Å². The fraction of sp³-hybridized carbons (Fsp3) is 0.200. The second kappa shape index (κ2) is 9.66. The quantitative estimate of drug-likeness (QED) is 0.549. The highest BCUT2D eigenvalue weighted by atomic mass is 32.2. The monoisotopic (exact) mass is 480 g/mol. The van der Waals surface area contributed by atoms with Crippen molar-refractivity contribution in [1.29, 1.82) is 0 Å². The maximum absolute atomic E-state index is 13.4. The fourth-order valence-electron chi connectivity index (χ4n) is 3.95. The van der Waals surface area contributed by atoms with Crippen LogP contribution in [0.2, 0.25) is 0 Å². The molecule has 1 atom stereocenters. The minimum atomic E-state index is -4.03. The number of nitrogens with one attached hydrogen (secondary N) is 1. The van der Waals surface area contributed by atoms with E-state index in [1.807, 2.05) is 24.3 Å². The van der Waals surface area contributed by atoms with E-state index in [1.54, 1.807) is 43.3 Å². The molecular formula is C25H24N2O6S. The van der Waals surface area contributed by atoms with Gasteiger partial charge in [-0.25, -0.2) is 13.2 Å². The van der Waals surface area contributed by atoms with Crippen LogP contribution < -0.4 is 5.32 Å². The van der Waals surface area contributed by atoms with E-state index in [0.29, 0.717) is 5.69 Å². The average Bonchev–Trinajstić information content (AvgIpc) is 2.84. The third kappa shape index (κ3) is 4.80. The highest BCUT2D eigenvalue weighted by Gasteiger charge is 2.39. The van der Waals surface area contributed by atoms with Gasteiger partial charge in [0.05, 0.1) is 11.5 Å². The summed E-state index contributed by atoms with van der Waals surface area (Å²) in [7, 11) is -4.03. The van der Waals surface area contributed by atoms with Crippen molar-refractivity contribution in [2.75, 3.05) is 11.9 Å². The predicted molar refractivity (Wildman–Crippen MR) is 127 cm³/mol. The molecule has 1 amide bonds. The summed E-state index contributed by atoms with van der Waals surface area (Å²) in [5, 5.41) is 12.3. The van der Waals surface area contributed by atoms with Gasteiger partial charge in [-0.2, -0.15) is 4.31 Å². The van der Waals surface area contributed by atoms with Crippen LogP contribution in [0.25, 0.3) is 11.1 Å². The molecule has 34 heavy (non-hydrogen) atoms. The van der Waals surface area contributed by atoms with Crippen LogP contribution in [0.1, 0.15) is 18.1 Å². The molecule has 3 aromatic rings. The summed E-state index contributed by atoms with van der Waals surface area (Å²) in [6.45, 7) is 2.00. The van der Waals surface area contributed by atoms with Crippen LogP contribution in [0.5, 0.6) is 0 Å². The Hall–Kier alpha value is -3.69. The van der Waals surface area contributed by atoms with Crippen LogP contribution in [0.4, 0.5) is 10.5 Å². The van der Waals surface area contributed by atoms with Crippen LogP contribution in [0, 0.1) is 0 Å². The van der Waals surface area contributed by atoms with E-state index in [0.717, 1.165) is 26.6 Å². The lowest BCUT2D eigenvalue weighted by Crippen LogP contribution is -2.48. The minimum Gasteiger partial charge on any atom is -0.480 e. The molecule has 0 bridgehead atoms. The third-order valence-corrected chi connectivity index (χ3v) is 7.56. The molecule has 1 heterocycles. The Morgan fingerprint density at radius 2 is 1.56 bits per heavy atom. The zero-order valence-electron chi connectivity index (χ0n) is 18.5. The highest BCUT2D eigenvalue weighted by molar-refractivity contribution is 7.89. The molecule has 4 rings (SSSR count). The Labute approximate surface area is 197 Å². The molecule has 0 aliphatic carbocycles. The Morgan fingerprint density at radius 3 is 2.15 bits per heavy atom. The molecule has 0 fully saturated rings. The van der Waals surface area contributed by atoms with Crippen LogP contribution in [-0.4, -0.2) is 42.5 Å². The molecule has 0 radical (unpaired) electrons. The molecule has 9 heteroatoms. The number of nitrogens with zero attached hydrogens (tertiary/aromatic N) is 1. The van der Waals surface area contributed by atoms with Crippen LogP contribution >= 0.6 is 0 Å². The maximum atomic E-state index is 13.4. The second-order valence-electron chi connectivity index (χ2n) is 7.82. The topological polar surface area (TPSA) is 113 Å². The normalized spacial score (nSPS) is 15.9. The molecule has 2 N–H and O–H groups in total. The number of carbonyl (C=O) groups excluding carboxylic acids is 1. The van der Waals surface area contributed by atoms with Crippen molar-refractivity contribution < 1.29 is 27.9 Å². The fourth-order valence-corrected chi connectivity index (χ4v) is 5.51. The molecule has 3 aromatic carbocycles. The first-order valence-corrected chi connectivity index (χ1v) is 12.2. The second-order valence-corrected chi connectivity index (χ2v) is 9.71. The molecule has 8 nitrogen and oxygen atoms in total. The van der Waals surface area contributed by atoms with Crippen molar-refractivity contribution in [1.82, 2.24) is 4.31 Å². The number of benzene rings is 3. The molecule has 1 aliphatic heterocycles. The number of carbonyl (C=O) groups is 2. The van der Waals surface area contributed by atoms with E-state index in [4.69, 9.17) is 4.74 Å². The Balaban J connectivity index is 1.56. The summed E-state index contributed by atoms with van der Waals surface area (Å²) < 4.78 is 32.6. The number of carboxylic acid groups (broad SMARTS) is 1. The van der Waals surface area contributed by atoms with Crippen molar-refractivity contribution in [2.24, 2.45) is 0 Å². The minimum absolute atomic E-state index is 0.00610. The summed E-state index contributed by atoms with van der Waals surface area (Å²) in [4.78, 5) is 23.4. The Morgan fingerprint density at radius 1 is 0.971 bits per heavy atom. The number of rotatable bonds is 6. The predicted octanol–water partition coefficient (Wildman–Crippen LogP) is 4.12. The van der Waals surface area contributed by atoms with Crippen LogP contribution in [0.15, 0.2) is 77.7 Å². The molecule has 1 aliphatic rings. The van der Waals surface area contributed by atoms with E-state index in [2.05, 4.69) is 5.32 Å². The first-order chi connectivity index (χ1) is 16.3. The number of sulfonamides is 1. The van der Waals surface area contributed by atoms with Gasteiger partial charge in [0, 0.05) is 18.7 Å². The van der Waals surface area contributed by atoms with E-state index in [9.17, 15) is 23.1 Å². The van der Waals surface area contributed by atoms with Gasteiger partial charge in [-0.15, -0.1) is 0 Å². The number of carboxylic acids is 1. The number of aliphatic carboxylic acids is 1. The maximum Gasteiger partial charge on any atom is 0.411 e. The molecule has 0 saturated heterocycles. The summed E-state index contributed by atoms with van der Waals surface area (Å²) in [6, 6.07) is 19.5. The van der Waals surface area contributed by atoms with Crippen molar-refractivity contribution in [3.05, 3.63) is 83.9 Å². The molecule has 176 valence electrons. The SMILES string of the molecule is CCOC(=O)Nc1ccc(-c2ccc(S(=O)(=O)N3Cc4ccccc4C[C@@H]3C(=O)O)cc2)cc1. The van der Waals surface area contributed by atoms with Gasteiger partial charge >= 0.3 is 12.1 Å². The van der Waals surface area contributed by atoms with Gasteiger partial charge < -0.3 is 9.84 Å². The zero-order chi connectivity index (χ0) is 24.3. The summed E-state index contributed by atoms with van der Waals surface area (Å²) in [5.74, 6) is -1.17. The number of hydrogen-bond acceptors (Lipinski definition) is 5. The number of fused-ring (bicyclic) bond motifs is 1. The van der Waals surface area contributed by atoms with Gasteiger partial charge in [0.2, 0.25) is 10.0 Å². The zero-order valence-corrected chi connectivity index (χ0v) is 19.3. The number of anilines is 1. The van der Waals surface area contributed by atoms with E-state index >= 15 is 0 Å². The Kier molecular flexibility index (Phi) is 6.67. The van der Waals surface area contributed by atoms with Crippen LogP contribution in [-0.2, 0) is 32.5 Å². The molecule has 0 aromatic heterocycles.